The molecule has 4 rings (SSSR count). The van der Waals surface area contributed by atoms with Crippen molar-refractivity contribution in [1.29, 1.82) is 0 Å². The molecule has 40 heavy (non-hydrogen) atoms. The zero-order chi connectivity index (χ0) is 28.9. The fourth-order valence-electron chi connectivity index (χ4n) is 4.87. The summed E-state index contributed by atoms with van der Waals surface area (Å²) in [6.07, 6.45) is 4.51. The molecule has 0 bridgehead atoms. The molecule has 214 valence electrons. The summed E-state index contributed by atoms with van der Waals surface area (Å²) in [5.74, 6) is -0.143. The van der Waals surface area contributed by atoms with Crippen molar-refractivity contribution in [3.63, 3.8) is 0 Å². The standard InChI is InChI=1S/C28H36ClN7O4/c1-18(37)35-22-16-19(7-8-21(22)29)6-5-12-32-25(38)28(10-14-30-15-11-28)36(26(39)40-27(2,3)4)24-20-9-13-31-23(20)33-17-34-24/h7-9,13,16-17,30H,5-6,10-12,14-15H2,1-4H3,(H,32,38)(H,35,37)(H,31,33,34). The SMILES string of the molecule is CC(=O)Nc1cc(CCCNC(=O)C2(N(C(=O)OC(C)(C)C)c3ncnc4[nH]ccc34)CCNCC2)ccc1Cl. The number of H-pyrrole nitrogens is 1. The van der Waals surface area contributed by atoms with Crippen LogP contribution in [-0.4, -0.2) is 63.6 Å². The number of nitrogens with one attached hydrogen (secondary N) is 4. The Kier molecular flexibility index (Phi) is 8.95. The number of aromatic nitrogens is 3. The van der Waals surface area contributed by atoms with Crippen molar-refractivity contribution in [2.75, 3.05) is 29.9 Å². The van der Waals surface area contributed by atoms with Crippen LogP contribution < -0.4 is 20.9 Å². The lowest BCUT2D eigenvalue weighted by Gasteiger charge is -2.44. The van der Waals surface area contributed by atoms with Crippen LogP contribution in [0.2, 0.25) is 5.02 Å². The predicted octanol–water partition coefficient (Wildman–Crippen LogP) is 4.18. The summed E-state index contributed by atoms with van der Waals surface area (Å²) in [7, 11) is 0. The molecule has 0 spiro atoms. The van der Waals surface area contributed by atoms with Gasteiger partial charge in [0.1, 0.15) is 23.1 Å². The van der Waals surface area contributed by atoms with Gasteiger partial charge in [0.15, 0.2) is 5.82 Å². The van der Waals surface area contributed by atoms with Crippen molar-refractivity contribution in [2.24, 2.45) is 0 Å². The van der Waals surface area contributed by atoms with Gasteiger partial charge in [-0.1, -0.05) is 17.7 Å². The first-order valence-corrected chi connectivity index (χ1v) is 13.7. The zero-order valence-corrected chi connectivity index (χ0v) is 24.0. The first kappa shape index (κ1) is 29.3. The van der Waals surface area contributed by atoms with Gasteiger partial charge in [0.2, 0.25) is 11.8 Å². The molecule has 2 aromatic heterocycles. The van der Waals surface area contributed by atoms with E-state index in [1.807, 2.05) is 12.1 Å². The molecule has 1 saturated heterocycles. The molecule has 0 aliphatic carbocycles. The zero-order valence-electron chi connectivity index (χ0n) is 23.3. The van der Waals surface area contributed by atoms with Crippen molar-refractivity contribution >= 4 is 52.0 Å². The molecule has 3 aromatic rings. The molecular weight excluding hydrogens is 534 g/mol. The second kappa shape index (κ2) is 12.2. The minimum atomic E-state index is -1.22. The Balaban J connectivity index is 1.57. The van der Waals surface area contributed by atoms with Gasteiger partial charge >= 0.3 is 6.09 Å². The fourth-order valence-corrected chi connectivity index (χ4v) is 5.04. The van der Waals surface area contributed by atoms with Crippen LogP contribution in [0, 0.1) is 0 Å². The van der Waals surface area contributed by atoms with Gasteiger partial charge in [0, 0.05) is 19.7 Å². The quantitative estimate of drug-likeness (QED) is 0.298. The summed E-state index contributed by atoms with van der Waals surface area (Å²) < 4.78 is 5.82. The molecule has 0 radical (unpaired) electrons. The van der Waals surface area contributed by atoms with Crippen molar-refractivity contribution in [3.8, 4) is 0 Å². The average molecular weight is 570 g/mol. The minimum absolute atomic E-state index is 0.200. The van der Waals surface area contributed by atoms with Crippen molar-refractivity contribution in [3.05, 3.63) is 47.4 Å². The van der Waals surface area contributed by atoms with E-state index in [1.54, 1.807) is 39.1 Å². The summed E-state index contributed by atoms with van der Waals surface area (Å²) in [5, 5.41) is 10.2. The highest BCUT2D eigenvalue weighted by Gasteiger charge is 2.50. The van der Waals surface area contributed by atoms with Gasteiger partial charge in [-0.2, -0.15) is 0 Å². The summed E-state index contributed by atoms with van der Waals surface area (Å²) in [6.45, 7) is 8.28. The van der Waals surface area contributed by atoms with Gasteiger partial charge in [0.25, 0.3) is 0 Å². The van der Waals surface area contributed by atoms with Crippen LogP contribution in [0.4, 0.5) is 16.3 Å². The maximum absolute atomic E-state index is 14.0. The van der Waals surface area contributed by atoms with Gasteiger partial charge in [-0.05, 0) is 83.3 Å². The van der Waals surface area contributed by atoms with Crippen LogP contribution in [0.3, 0.4) is 0 Å². The maximum Gasteiger partial charge on any atom is 0.417 e. The van der Waals surface area contributed by atoms with E-state index in [0.29, 0.717) is 72.9 Å². The number of aromatic amines is 1. The van der Waals surface area contributed by atoms with Crippen LogP contribution in [0.1, 0.15) is 52.5 Å². The molecule has 1 aliphatic heterocycles. The largest absolute Gasteiger partial charge is 0.443 e. The number of nitrogens with zero attached hydrogens (tertiary/aromatic N) is 3. The summed E-state index contributed by atoms with van der Waals surface area (Å²) in [5.41, 5.74) is 0.0947. The Morgan fingerprint density at radius 3 is 2.60 bits per heavy atom. The number of hydrogen-bond donors (Lipinski definition) is 4. The lowest BCUT2D eigenvalue weighted by atomic mass is 9.85. The topological polar surface area (TPSA) is 141 Å². The predicted molar refractivity (Wildman–Crippen MR) is 155 cm³/mol. The highest BCUT2D eigenvalue weighted by molar-refractivity contribution is 6.33. The molecule has 1 fully saturated rings. The van der Waals surface area contributed by atoms with E-state index in [-0.39, 0.29) is 11.8 Å². The molecule has 12 heteroatoms. The normalized spacial score (nSPS) is 14.9. The van der Waals surface area contributed by atoms with Crippen LogP contribution in [0.15, 0.2) is 36.8 Å². The van der Waals surface area contributed by atoms with E-state index in [9.17, 15) is 14.4 Å². The fraction of sp³-hybridized carbons (Fsp3) is 0.464. The number of carbonyl (C=O) groups is 3. The van der Waals surface area contributed by atoms with E-state index in [1.165, 1.54) is 18.2 Å². The van der Waals surface area contributed by atoms with Crippen molar-refractivity contribution in [2.45, 2.75) is 64.5 Å². The average Bonchev–Trinajstić information content (AvgIpc) is 3.37. The smallest absolute Gasteiger partial charge is 0.417 e. The van der Waals surface area contributed by atoms with Gasteiger partial charge in [-0.15, -0.1) is 0 Å². The third kappa shape index (κ3) is 6.71. The number of aryl methyl sites for hydroxylation is 1. The third-order valence-electron chi connectivity index (χ3n) is 6.67. The molecule has 3 amide bonds. The first-order chi connectivity index (χ1) is 19.0. The first-order valence-electron chi connectivity index (χ1n) is 13.4. The molecule has 4 N–H and O–H groups in total. The van der Waals surface area contributed by atoms with Gasteiger partial charge < -0.3 is 25.7 Å². The van der Waals surface area contributed by atoms with E-state index in [4.69, 9.17) is 16.3 Å². The molecule has 0 atom stereocenters. The number of halogens is 1. The molecule has 11 nitrogen and oxygen atoms in total. The number of hydrogen-bond acceptors (Lipinski definition) is 7. The van der Waals surface area contributed by atoms with E-state index < -0.39 is 17.2 Å². The highest BCUT2D eigenvalue weighted by Crippen LogP contribution is 2.36. The van der Waals surface area contributed by atoms with Gasteiger partial charge in [-0.25, -0.2) is 19.7 Å². The van der Waals surface area contributed by atoms with Gasteiger partial charge in [-0.3, -0.25) is 9.59 Å². The van der Waals surface area contributed by atoms with E-state index in [0.717, 1.165) is 5.56 Å². The van der Waals surface area contributed by atoms with E-state index >= 15 is 0 Å². The number of carbonyl (C=O) groups excluding carboxylic acids is 3. The minimum Gasteiger partial charge on any atom is -0.443 e. The number of ether oxygens (including phenoxy) is 1. The monoisotopic (exact) mass is 569 g/mol. The molecular formula is C28H36ClN7O4. The number of amides is 3. The third-order valence-corrected chi connectivity index (χ3v) is 7.00. The van der Waals surface area contributed by atoms with Crippen LogP contribution in [-0.2, 0) is 20.7 Å². The van der Waals surface area contributed by atoms with Crippen LogP contribution >= 0.6 is 11.6 Å². The summed E-state index contributed by atoms with van der Waals surface area (Å²) in [6, 6.07) is 7.26. The maximum atomic E-state index is 14.0. The second-order valence-electron chi connectivity index (χ2n) is 10.9. The van der Waals surface area contributed by atoms with Gasteiger partial charge in [0.05, 0.1) is 16.1 Å². The Hall–Kier alpha value is -3.70. The Morgan fingerprint density at radius 2 is 1.90 bits per heavy atom. The lowest BCUT2D eigenvalue weighted by Crippen LogP contribution is -2.65. The lowest BCUT2D eigenvalue weighted by molar-refractivity contribution is -0.127. The van der Waals surface area contributed by atoms with Crippen LogP contribution in [0.25, 0.3) is 11.0 Å². The number of piperidine rings is 1. The Labute approximate surface area is 238 Å². The number of rotatable bonds is 8. The molecule has 1 aliphatic rings. The van der Waals surface area contributed by atoms with Crippen molar-refractivity contribution in [1.82, 2.24) is 25.6 Å². The summed E-state index contributed by atoms with van der Waals surface area (Å²) in [4.78, 5) is 52.4. The van der Waals surface area contributed by atoms with Crippen molar-refractivity contribution < 1.29 is 19.1 Å². The second-order valence-corrected chi connectivity index (χ2v) is 11.3. The Morgan fingerprint density at radius 1 is 1.15 bits per heavy atom. The molecule has 1 aromatic carbocycles. The van der Waals surface area contributed by atoms with Crippen LogP contribution in [0.5, 0.6) is 0 Å². The number of anilines is 2. The van der Waals surface area contributed by atoms with E-state index in [2.05, 4.69) is 30.9 Å². The number of benzene rings is 1. The Bertz CT molecular complexity index is 1380. The summed E-state index contributed by atoms with van der Waals surface area (Å²) >= 11 is 6.19. The molecule has 0 unspecified atom stereocenters. The molecule has 3 heterocycles. The highest BCUT2D eigenvalue weighted by atomic mass is 35.5. The number of fused-ring (bicyclic) bond motifs is 1. The molecule has 0 saturated carbocycles.